The summed E-state index contributed by atoms with van der Waals surface area (Å²) in [7, 11) is 2.03. The standard InChI is InChI=1S/C9H14N2/c1-10-8-3-2-4-9-7(8)5-6-11-9/h5-6,8,10-11H,2-4H2,1H3. The highest BCUT2D eigenvalue weighted by Crippen LogP contribution is 2.27. The van der Waals surface area contributed by atoms with Gasteiger partial charge in [0.25, 0.3) is 0 Å². The lowest BCUT2D eigenvalue weighted by molar-refractivity contribution is 0.494. The van der Waals surface area contributed by atoms with Crippen LogP contribution in [0.25, 0.3) is 0 Å². The summed E-state index contributed by atoms with van der Waals surface area (Å²) in [4.78, 5) is 3.28. The Morgan fingerprint density at radius 2 is 2.55 bits per heavy atom. The number of aryl methyl sites for hydroxylation is 1. The van der Waals surface area contributed by atoms with E-state index < -0.39 is 0 Å². The summed E-state index contributed by atoms with van der Waals surface area (Å²) < 4.78 is 0. The third kappa shape index (κ3) is 1.07. The molecule has 0 fully saturated rings. The molecular weight excluding hydrogens is 136 g/mol. The van der Waals surface area contributed by atoms with Crippen molar-refractivity contribution >= 4 is 0 Å². The average Bonchev–Trinajstić information content (AvgIpc) is 2.50. The fourth-order valence-corrected chi connectivity index (χ4v) is 1.90. The van der Waals surface area contributed by atoms with Gasteiger partial charge in [-0.1, -0.05) is 0 Å². The van der Waals surface area contributed by atoms with Gasteiger partial charge in [0.1, 0.15) is 0 Å². The molecular formula is C9H14N2. The van der Waals surface area contributed by atoms with Gasteiger partial charge >= 0.3 is 0 Å². The molecule has 1 atom stereocenters. The molecule has 0 aliphatic heterocycles. The van der Waals surface area contributed by atoms with Crippen molar-refractivity contribution in [1.29, 1.82) is 0 Å². The third-order valence-corrected chi connectivity index (χ3v) is 2.51. The molecule has 2 heteroatoms. The SMILES string of the molecule is CNC1CCCc2[nH]ccc21. The number of fused-ring (bicyclic) bond motifs is 1. The second kappa shape index (κ2) is 2.70. The van der Waals surface area contributed by atoms with Crippen LogP contribution < -0.4 is 5.32 Å². The Morgan fingerprint density at radius 3 is 3.36 bits per heavy atom. The van der Waals surface area contributed by atoms with E-state index in [0.717, 1.165) is 0 Å². The molecule has 0 saturated heterocycles. The monoisotopic (exact) mass is 150 g/mol. The largest absolute Gasteiger partial charge is 0.365 e. The zero-order valence-electron chi connectivity index (χ0n) is 6.85. The molecule has 1 aliphatic carbocycles. The van der Waals surface area contributed by atoms with Crippen LogP contribution in [-0.4, -0.2) is 12.0 Å². The van der Waals surface area contributed by atoms with Crippen molar-refractivity contribution in [2.45, 2.75) is 25.3 Å². The minimum atomic E-state index is 0.588. The zero-order valence-corrected chi connectivity index (χ0v) is 6.85. The van der Waals surface area contributed by atoms with Crippen LogP contribution in [0.3, 0.4) is 0 Å². The normalized spacial score (nSPS) is 23.2. The van der Waals surface area contributed by atoms with E-state index in [-0.39, 0.29) is 0 Å². The second-order valence-corrected chi connectivity index (χ2v) is 3.15. The van der Waals surface area contributed by atoms with Gasteiger partial charge < -0.3 is 10.3 Å². The van der Waals surface area contributed by atoms with Crippen LogP contribution in [0.5, 0.6) is 0 Å². The van der Waals surface area contributed by atoms with Crippen molar-refractivity contribution in [3.8, 4) is 0 Å². The fourth-order valence-electron chi connectivity index (χ4n) is 1.90. The summed E-state index contributed by atoms with van der Waals surface area (Å²) in [6.45, 7) is 0. The maximum atomic E-state index is 3.33. The van der Waals surface area contributed by atoms with Crippen LogP contribution in [0.4, 0.5) is 0 Å². The van der Waals surface area contributed by atoms with Gasteiger partial charge in [0.2, 0.25) is 0 Å². The molecule has 0 bridgehead atoms. The summed E-state index contributed by atoms with van der Waals surface area (Å²) in [5.74, 6) is 0. The van der Waals surface area contributed by atoms with Crippen molar-refractivity contribution in [3.63, 3.8) is 0 Å². The number of aromatic nitrogens is 1. The molecule has 0 aromatic carbocycles. The topological polar surface area (TPSA) is 27.8 Å². The Labute approximate surface area is 67.0 Å². The van der Waals surface area contributed by atoms with Gasteiger partial charge in [0.05, 0.1) is 0 Å². The Morgan fingerprint density at radius 1 is 1.64 bits per heavy atom. The third-order valence-electron chi connectivity index (χ3n) is 2.51. The van der Waals surface area contributed by atoms with Crippen LogP contribution in [0.1, 0.15) is 30.1 Å². The maximum absolute atomic E-state index is 3.33. The molecule has 0 radical (unpaired) electrons. The predicted octanol–water partition coefficient (Wildman–Crippen LogP) is 1.61. The van der Waals surface area contributed by atoms with Crippen LogP contribution in [0.15, 0.2) is 12.3 Å². The van der Waals surface area contributed by atoms with Crippen molar-refractivity contribution in [3.05, 3.63) is 23.5 Å². The highest BCUT2D eigenvalue weighted by atomic mass is 14.9. The van der Waals surface area contributed by atoms with Crippen molar-refractivity contribution in [2.75, 3.05) is 7.05 Å². The Hall–Kier alpha value is -0.760. The molecule has 0 amide bonds. The number of hydrogen-bond donors (Lipinski definition) is 2. The maximum Gasteiger partial charge on any atom is 0.0335 e. The predicted molar refractivity (Wildman–Crippen MR) is 45.5 cm³/mol. The fraction of sp³-hybridized carbons (Fsp3) is 0.556. The number of rotatable bonds is 1. The molecule has 0 spiro atoms. The number of hydrogen-bond acceptors (Lipinski definition) is 1. The molecule has 0 saturated carbocycles. The number of nitrogens with one attached hydrogen (secondary N) is 2. The molecule has 1 aliphatic rings. The molecule has 2 nitrogen and oxygen atoms in total. The Kier molecular flexibility index (Phi) is 1.70. The van der Waals surface area contributed by atoms with Crippen molar-refractivity contribution in [2.24, 2.45) is 0 Å². The van der Waals surface area contributed by atoms with E-state index in [1.165, 1.54) is 30.5 Å². The highest BCUT2D eigenvalue weighted by molar-refractivity contribution is 5.26. The van der Waals surface area contributed by atoms with Crippen LogP contribution in [0, 0.1) is 0 Å². The smallest absolute Gasteiger partial charge is 0.0335 e. The molecule has 1 aromatic rings. The van der Waals surface area contributed by atoms with E-state index in [2.05, 4.69) is 16.4 Å². The summed E-state index contributed by atoms with van der Waals surface area (Å²) in [5, 5.41) is 3.33. The summed E-state index contributed by atoms with van der Waals surface area (Å²) in [6, 6.07) is 2.78. The van der Waals surface area contributed by atoms with Crippen LogP contribution in [0.2, 0.25) is 0 Å². The van der Waals surface area contributed by atoms with Gasteiger partial charge in [-0.15, -0.1) is 0 Å². The summed E-state index contributed by atoms with van der Waals surface area (Å²) in [5.41, 5.74) is 2.90. The lowest BCUT2D eigenvalue weighted by Gasteiger charge is -2.21. The minimum Gasteiger partial charge on any atom is -0.365 e. The van der Waals surface area contributed by atoms with E-state index in [9.17, 15) is 0 Å². The molecule has 1 aromatic heterocycles. The lowest BCUT2D eigenvalue weighted by atomic mass is 9.93. The molecule has 11 heavy (non-hydrogen) atoms. The number of H-pyrrole nitrogens is 1. The first kappa shape index (κ1) is 6.92. The second-order valence-electron chi connectivity index (χ2n) is 3.15. The van der Waals surface area contributed by atoms with Crippen LogP contribution >= 0.6 is 0 Å². The first-order valence-electron chi connectivity index (χ1n) is 4.25. The van der Waals surface area contributed by atoms with Gasteiger partial charge in [-0.05, 0) is 37.9 Å². The van der Waals surface area contributed by atoms with E-state index in [4.69, 9.17) is 0 Å². The van der Waals surface area contributed by atoms with Crippen LogP contribution in [-0.2, 0) is 6.42 Å². The Bertz CT molecular complexity index is 239. The number of aromatic amines is 1. The molecule has 1 unspecified atom stereocenters. The highest BCUT2D eigenvalue weighted by Gasteiger charge is 2.18. The first-order valence-corrected chi connectivity index (χ1v) is 4.25. The minimum absolute atomic E-state index is 0.588. The Balaban J connectivity index is 2.32. The van der Waals surface area contributed by atoms with E-state index >= 15 is 0 Å². The average molecular weight is 150 g/mol. The quantitative estimate of drug-likeness (QED) is 0.625. The zero-order chi connectivity index (χ0) is 7.68. The van der Waals surface area contributed by atoms with Crippen molar-refractivity contribution in [1.82, 2.24) is 10.3 Å². The molecule has 60 valence electrons. The van der Waals surface area contributed by atoms with E-state index in [0.29, 0.717) is 6.04 Å². The summed E-state index contributed by atoms with van der Waals surface area (Å²) >= 11 is 0. The molecule has 2 rings (SSSR count). The van der Waals surface area contributed by atoms with Gasteiger partial charge in [-0.2, -0.15) is 0 Å². The van der Waals surface area contributed by atoms with E-state index in [1.54, 1.807) is 0 Å². The van der Waals surface area contributed by atoms with Gasteiger partial charge in [-0.25, -0.2) is 0 Å². The lowest BCUT2D eigenvalue weighted by Crippen LogP contribution is -2.20. The molecule has 1 heterocycles. The van der Waals surface area contributed by atoms with Crippen molar-refractivity contribution < 1.29 is 0 Å². The van der Waals surface area contributed by atoms with E-state index in [1.807, 2.05) is 13.2 Å². The van der Waals surface area contributed by atoms with Gasteiger partial charge in [0.15, 0.2) is 0 Å². The first-order chi connectivity index (χ1) is 5.42. The van der Waals surface area contributed by atoms with Gasteiger partial charge in [0, 0.05) is 17.9 Å². The van der Waals surface area contributed by atoms with Gasteiger partial charge in [-0.3, -0.25) is 0 Å². The summed E-state index contributed by atoms with van der Waals surface area (Å²) in [6.07, 6.45) is 5.85. The molecule has 2 N–H and O–H groups in total.